The summed E-state index contributed by atoms with van der Waals surface area (Å²) in [6.45, 7) is 1.74. The second-order valence-electron chi connectivity index (χ2n) is 4.53. The quantitative estimate of drug-likeness (QED) is 0.870. The predicted molar refractivity (Wildman–Crippen MR) is 75.2 cm³/mol. The van der Waals surface area contributed by atoms with E-state index in [-0.39, 0.29) is 17.8 Å². The van der Waals surface area contributed by atoms with Gasteiger partial charge in [0.2, 0.25) is 5.91 Å². The Kier molecular flexibility index (Phi) is 4.30. The Bertz CT molecular complexity index is 634. The molecule has 0 saturated carbocycles. The summed E-state index contributed by atoms with van der Waals surface area (Å²) in [6, 6.07) is 6.01. The van der Waals surface area contributed by atoms with Crippen molar-refractivity contribution in [1.82, 2.24) is 15.1 Å². The Hall–Kier alpha value is -2.43. The fourth-order valence-corrected chi connectivity index (χ4v) is 1.86. The van der Waals surface area contributed by atoms with Crippen molar-refractivity contribution in [3.05, 3.63) is 59.7 Å². The number of carbonyl (C=O) groups is 1. The van der Waals surface area contributed by atoms with Crippen LogP contribution in [-0.2, 0) is 11.8 Å². The number of carbonyl (C=O) groups excluding carboxylic acids is 1. The standard InChI is InChI=1S/C15H16FN3O/c1-11(13-5-3-4-6-14(13)16)18-15(20)8-7-12-9-17-19(2)10-12/h3-11H,1-2H3,(H,18,20)/b8-7-/t11-/m1/s1. The van der Waals surface area contributed by atoms with E-state index in [1.54, 1.807) is 55.3 Å². The van der Waals surface area contributed by atoms with Crippen LogP contribution in [0.15, 0.2) is 42.7 Å². The number of nitrogens with zero attached hydrogens (tertiary/aromatic N) is 2. The predicted octanol–water partition coefficient (Wildman–Crippen LogP) is 2.45. The zero-order chi connectivity index (χ0) is 14.5. The second kappa shape index (κ2) is 6.14. The van der Waals surface area contributed by atoms with Crippen LogP contribution in [0, 0.1) is 5.82 Å². The summed E-state index contributed by atoms with van der Waals surface area (Å²) < 4.78 is 15.2. The highest BCUT2D eigenvalue weighted by Crippen LogP contribution is 2.15. The Morgan fingerprint density at radius 1 is 1.45 bits per heavy atom. The van der Waals surface area contributed by atoms with Gasteiger partial charge in [-0.05, 0) is 19.1 Å². The summed E-state index contributed by atoms with van der Waals surface area (Å²) in [5.41, 5.74) is 1.30. The number of nitrogens with one attached hydrogen (secondary N) is 1. The van der Waals surface area contributed by atoms with Crippen molar-refractivity contribution >= 4 is 12.0 Å². The number of aryl methyl sites for hydroxylation is 1. The highest BCUT2D eigenvalue weighted by Gasteiger charge is 2.11. The average molecular weight is 273 g/mol. The summed E-state index contributed by atoms with van der Waals surface area (Å²) in [6.07, 6.45) is 6.53. The van der Waals surface area contributed by atoms with E-state index in [0.29, 0.717) is 5.56 Å². The molecule has 1 aromatic heterocycles. The van der Waals surface area contributed by atoms with Crippen LogP contribution in [0.1, 0.15) is 24.1 Å². The van der Waals surface area contributed by atoms with Gasteiger partial charge in [-0.3, -0.25) is 9.48 Å². The molecule has 0 unspecified atom stereocenters. The zero-order valence-corrected chi connectivity index (χ0v) is 11.4. The van der Waals surface area contributed by atoms with Gasteiger partial charge >= 0.3 is 0 Å². The molecule has 0 radical (unpaired) electrons. The van der Waals surface area contributed by atoms with E-state index in [9.17, 15) is 9.18 Å². The van der Waals surface area contributed by atoms with Gasteiger partial charge in [0.15, 0.2) is 0 Å². The molecule has 1 N–H and O–H groups in total. The molecule has 0 fully saturated rings. The van der Waals surface area contributed by atoms with Gasteiger partial charge in [0.25, 0.3) is 0 Å². The topological polar surface area (TPSA) is 46.9 Å². The van der Waals surface area contributed by atoms with Crippen LogP contribution >= 0.6 is 0 Å². The van der Waals surface area contributed by atoms with Crippen molar-refractivity contribution in [2.24, 2.45) is 7.05 Å². The first kappa shape index (κ1) is 14.0. The van der Waals surface area contributed by atoms with Crippen molar-refractivity contribution < 1.29 is 9.18 Å². The number of aromatic nitrogens is 2. The van der Waals surface area contributed by atoms with E-state index in [1.165, 1.54) is 12.1 Å². The maximum Gasteiger partial charge on any atom is 0.244 e. The van der Waals surface area contributed by atoms with Gasteiger partial charge in [-0.25, -0.2) is 4.39 Å². The monoisotopic (exact) mass is 273 g/mol. The number of amides is 1. The molecule has 0 aliphatic carbocycles. The van der Waals surface area contributed by atoms with Crippen LogP contribution in [0.2, 0.25) is 0 Å². The third-order valence-corrected chi connectivity index (χ3v) is 2.88. The molecule has 1 atom stereocenters. The maximum absolute atomic E-state index is 13.6. The summed E-state index contributed by atoms with van der Waals surface area (Å²) >= 11 is 0. The van der Waals surface area contributed by atoms with E-state index < -0.39 is 0 Å². The molecule has 0 bridgehead atoms. The fourth-order valence-electron chi connectivity index (χ4n) is 1.86. The first-order valence-corrected chi connectivity index (χ1v) is 6.28. The maximum atomic E-state index is 13.6. The highest BCUT2D eigenvalue weighted by molar-refractivity contribution is 5.91. The van der Waals surface area contributed by atoms with Gasteiger partial charge in [0, 0.05) is 30.4 Å². The SMILES string of the molecule is C[C@@H](NC(=O)/C=C\c1cnn(C)c1)c1ccccc1F. The lowest BCUT2D eigenvalue weighted by Crippen LogP contribution is -2.25. The number of benzene rings is 1. The van der Waals surface area contributed by atoms with E-state index in [1.807, 2.05) is 0 Å². The number of halogens is 1. The Labute approximate surface area is 116 Å². The molecule has 2 aromatic rings. The molecule has 1 heterocycles. The normalized spacial score (nSPS) is 12.6. The van der Waals surface area contributed by atoms with Gasteiger partial charge in [-0.2, -0.15) is 5.10 Å². The molecule has 0 saturated heterocycles. The van der Waals surface area contributed by atoms with Crippen molar-refractivity contribution in [1.29, 1.82) is 0 Å². The van der Waals surface area contributed by atoms with Crippen LogP contribution in [-0.4, -0.2) is 15.7 Å². The number of hydrogen-bond donors (Lipinski definition) is 1. The van der Waals surface area contributed by atoms with Crippen molar-refractivity contribution in [3.63, 3.8) is 0 Å². The molecule has 104 valence electrons. The fraction of sp³-hybridized carbons (Fsp3) is 0.200. The molecule has 5 heteroatoms. The van der Waals surface area contributed by atoms with E-state index >= 15 is 0 Å². The minimum atomic E-state index is -0.387. The second-order valence-corrected chi connectivity index (χ2v) is 4.53. The van der Waals surface area contributed by atoms with Crippen molar-refractivity contribution in [3.8, 4) is 0 Å². The van der Waals surface area contributed by atoms with Crippen LogP contribution in [0.5, 0.6) is 0 Å². The average Bonchev–Trinajstić information content (AvgIpc) is 2.82. The van der Waals surface area contributed by atoms with Gasteiger partial charge in [-0.1, -0.05) is 18.2 Å². The first-order chi connectivity index (χ1) is 9.56. The molecule has 0 spiro atoms. The lowest BCUT2D eigenvalue weighted by atomic mass is 10.1. The van der Waals surface area contributed by atoms with Gasteiger partial charge in [0.1, 0.15) is 5.82 Å². The minimum Gasteiger partial charge on any atom is -0.346 e. The summed E-state index contributed by atoms with van der Waals surface area (Å²) in [7, 11) is 1.80. The Morgan fingerprint density at radius 3 is 2.85 bits per heavy atom. The van der Waals surface area contributed by atoms with E-state index in [4.69, 9.17) is 0 Å². The van der Waals surface area contributed by atoms with Gasteiger partial charge < -0.3 is 5.32 Å². The lowest BCUT2D eigenvalue weighted by molar-refractivity contribution is -0.117. The van der Waals surface area contributed by atoms with Crippen LogP contribution in [0.25, 0.3) is 6.08 Å². The highest BCUT2D eigenvalue weighted by atomic mass is 19.1. The summed E-state index contributed by atoms with van der Waals surface area (Å²) in [5.74, 6) is -0.596. The van der Waals surface area contributed by atoms with E-state index in [2.05, 4.69) is 10.4 Å². The smallest absolute Gasteiger partial charge is 0.244 e. The van der Waals surface area contributed by atoms with Gasteiger partial charge in [-0.15, -0.1) is 0 Å². The third kappa shape index (κ3) is 3.54. The first-order valence-electron chi connectivity index (χ1n) is 6.28. The molecule has 4 nitrogen and oxygen atoms in total. The van der Waals surface area contributed by atoms with Crippen LogP contribution in [0.3, 0.4) is 0 Å². The number of hydrogen-bond acceptors (Lipinski definition) is 2. The molecule has 2 rings (SSSR count). The lowest BCUT2D eigenvalue weighted by Gasteiger charge is -2.13. The summed E-state index contributed by atoms with van der Waals surface area (Å²) in [4.78, 5) is 11.8. The largest absolute Gasteiger partial charge is 0.346 e. The minimum absolute atomic E-state index is 0.274. The zero-order valence-electron chi connectivity index (χ0n) is 11.4. The number of rotatable bonds is 4. The molecular formula is C15H16FN3O. The molecular weight excluding hydrogens is 257 g/mol. The molecule has 1 amide bonds. The summed E-state index contributed by atoms with van der Waals surface area (Å²) in [5, 5.41) is 6.72. The molecule has 0 aliphatic rings. The third-order valence-electron chi connectivity index (χ3n) is 2.88. The van der Waals surface area contributed by atoms with E-state index in [0.717, 1.165) is 5.56 Å². The van der Waals surface area contributed by atoms with Crippen molar-refractivity contribution in [2.75, 3.05) is 0 Å². The molecule has 20 heavy (non-hydrogen) atoms. The molecule has 1 aromatic carbocycles. The van der Waals surface area contributed by atoms with Crippen LogP contribution < -0.4 is 5.32 Å². The Balaban J connectivity index is 1.98. The van der Waals surface area contributed by atoms with Crippen LogP contribution in [0.4, 0.5) is 4.39 Å². The van der Waals surface area contributed by atoms with Gasteiger partial charge in [0.05, 0.1) is 12.2 Å². The van der Waals surface area contributed by atoms with Crippen molar-refractivity contribution in [2.45, 2.75) is 13.0 Å². The molecule has 0 aliphatic heterocycles. The Morgan fingerprint density at radius 2 is 2.20 bits per heavy atom.